The number of nitrogens with zero attached hydrogens (tertiary/aromatic N) is 1. The van der Waals surface area contributed by atoms with Crippen LogP contribution in [0.1, 0.15) is 26.7 Å². The van der Waals surface area contributed by atoms with E-state index in [-0.39, 0.29) is 18.2 Å². The van der Waals surface area contributed by atoms with Crippen molar-refractivity contribution in [2.45, 2.75) is 38.8 Å². The van der Waals surface area contributed by atoms with Gasteiger partial charge in [-0.25, -0.2) is 0 Å². The Morgan fingerprint density at radius 1 is 1.21 bits per heavy atom. The van der Waals surface area contributed by atoms with E-state index in [1.165, 1.54) is 4.90 Å². The Balaban J connectivity index is 4.67. The molecule has 0 heterocycles. The zero-order chi connectivity index (χ0) is 15.2. The fourth-order valence-corrected chi connectivity index (χ4v) is 1.59. The van der Waals surface area contributed by atoms with Crippen LogP contribution in [0.2, 0.25) is 0 Å². The van der Waals surface area contributed by atoms with Crippen LogP contribution in [-0.4, -0.2) is 48.8 Å². The smallest absolute Gasteiger partial charge is 0.244 e. The van der Waals surface area contributed by atoms with Crippen LogP contribution in [0.4, 0.5) is 0 Å². The lowest BCUT2D eigenvalue weighted by Crippen LogP contribution is -2.52. The molecule has 5 N–H and O–H groups in total. The van der Waals surface area contributed by atoms with Crippen LogP contribution in [0.5, 0.6) is 0 Å². The number of primary amides is 1. The molecule has 0 spiro atoms. The van der Waals surface area contributed by atoms with Crippen LogP contribution >= 0.6 is 0 Å². The Bertz CT molecular complexity index is 342. The minimum absolute atomic E-state index is 0.201. The van der Waals surface area contributed by atoms with Gasteiger partial charge in [-0.1, -0.05) is 13.8 Å². The van der Waals surface area contributed by atoms with E-state index >= 15 is 0 Å². The molecule has 0 bridgehead atoms. The van der Waals surface area contributed by atoms with E-state index in [1.807, 2.05) is 13.8 Å². The minimum atomic E-state index is -1.03. The van der Waals surface area contributed by atoms with Crippen molar-refractivity contribution in [1.82, 2.24) is 10.2 Å². The Morgan fingerprint density at radius 2 is 1.74 bits per heavy atom. The van der Waals surface area contributed by atoms with Crippen molar-refractivity contribution in [1.29, 1.82) is 0 Å². The molecular formula is C12H24N4O3. The number of hydrogen-bond donors (Lipinski definition) is 3. The summed E-state index contributed by atoms with van der Waals surface area (Å²) in [4.78, 5) is 35.8. The van der Waals surface area contributed by atoms with Gasteiger partial charge in [0, 0.05) is 14.1 Å². The fourth-order valence-electron chi connectivity index (χ4n) is 1.59. The number of carbonyl (C=O) groups is 3. The van der Waals surface area contributed by atoms with E-state index < -0.39 is 23.9 Å². The summed E-state index contributed by atoms with van der Waals surface area (Å²) >= 11 is 0. The summed E-state index contributed by atoms with van der Waals surface area (Å²) in [5.41, 5.74) is 10.5. The first-order chi connectivity index (χ1) is 8.65. The lowest BCUT2D eigenvalue weighted by Gasteiger charge is -2.24. The molecule has 2 atom stereocenters. The minimum Gasteiger partial charge on any atom is -0.370 e. The molecule has 0 aromatic heterocycles. The standard InChI is InChI=1S/C12H24N4O3/c1-7(2)5-9(12(19)16(3)4)15-11(18)8(13)6-10(14)17/h7-9H,5-6,13H2,1-4H3,(H2,14,17)(H,15,18). The molecule has 19 heavy (non-hydrogen) atoms. The molecule has 0 fully saturated rings. The van der Waals surface area contributed by atoms with E-state index in [4.69, 9.17) is 11.5 Å². The van der Waals surface area contributed by atoms with Gasteiger partial charge in [0.15, 0.2) is 0 Å². The molecule has 0 aliphatic rings. The lowest BCUT2D eigenvalue weighted by molar-refractivity contribution is -0.135. The van der Waals surface area contributed by atoms with Gasteiger partial charge in [-0.15, -0.1) is 0 Å². The molecule has 0 saturated carbocycles. The summed E-state index contributed by atoms with van der Waals surface area (Å²) in [5.74, 6) is -1.16. The molecule has 0 aromatic carbocycles. The number of likely N-dealkylation sites (N-methyl/N-ethyl adjacent to an activating group) is 1. The molecule has 110 valence electrons. The molecule has 2 unspecified atom stereocenters. The van der Waals surface area contributed by atoms with Gasteiger partial charge >= 0.3 is 0 Å². The van der Waals surface area contributed by atoms with Gasteiger partial charge in [-0.3, -0.25) is 14.4 Å². The van der Waals surface area contributed by atoms with Crippen LogP contribution in [0.3, 0.4) is 0 Å². The first kappa shape index (κ1) is 17.4. The molecule has 0 radical (unpaired) electrons. The highest BCUT2D eigenvalue weighted by Crippen LogP contribution is 2.07. The maximum atomic E-state index is 11.9. The van der Waals surface area contributed by atoms with Crippen LogP contribution in [0.25, 0.3) is 0 Å². The number of nitrogens with two attached hydrogens (primary N) is 2. The van der Waals surface area contributed by atoms with Crippen LogP contribution < -0.4 is 16.8 Å². The average molecular weight is 272 g/mol. The topological polar surface area (TPSA) is 119 Å². The molecule has 0 aliphatic heterocycles. The largest absolute Gasteiger partial charge is 0.370 e. The Hall–Kier alpha value is -1.63. The highest BCUT2D eigenvalue weighted by atomic mass is 16.2. The van der Waals surface area contributed by atoms with Gasteiger partial charge in [0.25, 0.3) is 0 Å². The predicted molar refractivity (Wildman–Crippen MR) is 71.9 cm³/mol. The summed E-state index contributed by atoms with van der Waals surface area (Å²) in [7, 11) is 3.23. The van der Waals surface area contributed by atoms with Gasteiger partial charge in [-0.05, 0) is 12.3 Å². The SMILES string of the molecule is CC(C)CC(NC(=O)C(N)CC(N)=O)C(=O)N(C)C. The van der Waals surface area contributed by atoms with Crippen LogP contribution in [-0.2, 0) is 14.4 Å². The van der Waals surface area contributed by atoms with E-state index in [2.05, 4.69) is 5.32 Å². The van der Waals surface area contributed by atoms with E-state index in [0.717, 1.165) is 0 Å². The predicted octanol–water partition coefficient (Wildman–Crippen LogP) is -1.19. The van der Waals surface area contributed by atoms with Crippen molar-refractivity contribution in [3.63, 3.8) is 0 Å². The molecule has 0 rings (SSSR count). The van der Waals surface area contributed by atoms with Crippen molar-refractivity contribution in [3.05, 3.63) is 0 Å². The molecule has 0 aromatic rings. The fraction of sp³-hybridized carbons (Fsp3) is 0.750. The second kappa shape index (κ2) is 7.73. The molecule has 0 aliphatic carbocycles. The van der Waals surface area contributed by atoms with Crippen molar-refractivity contribution < 1.29 is 14.4 Å². The van der Waals surface area contributed by atoms with Crippen LogP contribution in [0.15, 0.2) is 0 Å². The highest BCUT2D eigenvalue weighted by molar-refractivity contribution is 5.91. The molecule has 7 nitrogen and oxygen atoms in total. The Labute approximate surface area is 113 Å². The number of nitrogens with one attached hydrogen (secondary N) is 1. The zero-order valence-corrected chi connectivity index (χ0v) is 12.0. The number of rotatable bonds is 7. The summed E-state index contributed by atoms with van der Waals surface area (Å²) in [5, 5.41) is 2.57. The maximum Gasteiger partial charge on any atom is 0.244 e. The maximum absolute atomic E-state index is 11.9. The van der Waals surface area contributed by atoms with Crippen molar-refractivity contribution in [3.8, 4) is 0 Å². The van der Waals surface area contributed by atoms with Crippen molar-refractivity contribution in [2.75, 3.05) is 14.1 Å². The number of hydrogen-bond acceptors (Lipinski definition) is 4. The number of carbonyl (C=O) groups excluding carboxylic acids is 3. The Kier molecular flexibility index (Phi) is 7.06. The zero-order valence-electron chi connectivity index (χ0n) is 12.0. The number of amides is 3. The highest BCUT2D eigenvalue weighted by Gasteiger charge is 2.26. The van der Waals surface area contributed by atoms with Crippen molar-refractivity contribution >= 4 is 17.7 Å². The average Bonchev–Trinajstić information content (AvgIpc) is 2.25. The molecule has 0 saturated heterocycles. The second-order valence-corrected chi connectivity index (χ2v) is 5.20. The third kappa shape index (κ3) is 6.76. The first-order valence-electron chi connectivity index (χ1n) is 6.20. The van der Waals surface area contributed by atoms with Crippen molar-refractivity contribution in [2.24, 2.45) is 17.4 Å². The van der Waals surface area contributed by atoms with E-state index in [1.54, 1.807) is 14.1 Å². The first-order valence-corrected chi connectivity index (χ1v) is 6.20. The normalized spacial score (nSPS) is 13.8. The van der Waals surface area contributed by atoms with Gasteiger partial charge in [-0.2, -0.15) is 0 Å². The quantitative estimate of drug-likeness (QED) is 0.540. The third-order valence-electron chi connectivity index (χ3n) is 2.52. The lowest BCUT2D eigenvalue weighted by atomic mass is 10.0. The summed E-state index contributed by atoms with van der Waals surface area (Å²) in [6.07, 6.45) is 0.266. The summed E-state index contributed by atoms with van der Waals surface area (Å²) in [6, 6.07) is -1.66. The molecule has 3 amide bonds. The van der Waals surface area contributed by atoms with Gasteiger partial charge in [0.05, 0.1) is 12.5 Å². The summed E-state index contributed by atoms with van der Waals surface area (Å²) < 4.78 is 0. The van der Waals surface area contributed by atoms with Gasteiger partial charge in [0.1, 0.15) is 6.04 Å². The van der Waals surface area contributed by atoms with Gasteiger partial charge < -0.3 is 21.7 Å². The van der Waals surface area contributed by atoms with Crippen LogP contribution in [0, 0.1) is 5.92 Å². The molecular weight excluding hydrogens is 248 g/mol. The third-order valence-corrected chi connectivity index (χ3v) is 2.52. The second-order valence-electron chi connectivity index (χ2n) is 5.20. The molecule has 7 heteroatoms. The van der Waals surface area contributed by atoms with Gasteiger partial charge in [0.2, 0.25) is 17.7 Å². The monoisotopic (exact) mass is 272 g/mol. The summed E-state index contributed by atoms with van der Waals surface area (Å²) in [6.45, 7) is 3.90. The van der Waals surface area contributed by atoms with E-state index in [0.29, 0.717) is 6.42 Å². The van der Waals surface area contributed by atoms with E-state index in [9.17, 15) is 14.4 Å². The Morgan fingerprint density at radius 3 is 2.11 bits per heavy atom.